The lowest BCUT2D eigenvalue weighted by Crippen LogP contribution is -2.19. The van der Waals surface area contributed by atoms with E-state index >= 15 is 0 Å². The van der Waals surface area contributed by atoms with Gasteiger partial charge in [-0.2, -0.15) is 0 Å². The molecule has 2 aromatic rings. The number of hydrogen-bond donors (Lipinski definition) is 1. The highest BCUT2D eigenvalue weighted by molar-refractivity contribution is 5.78. The topological polar surface area (TPSA) is 43.8 Å². The smallest absolute Gasteiger partial charge is 0.201 e. The SMILES string of the molecule is Nc1nc2ccc(F)cc2n1CC1CCC1. The van der Waals surface area contributed by atoms with Crippen LogP contribution in [-0.4, -0.2) is 9.55 Å². The van der Waals surface area contributed by atoms with Gasteiger partial charge >= 0.3 is 0 Å². The van der Waals surface area contributed by atoms with Crippen LogP contribution >= 0.6 is 0 Å². The summed E-state index contributed by atoms with van der Waals surface area (Å²) >= 11 is 0. The number of imidazole rings is 1. The fraction of sp³-hybridized carbons (Fsp3) is 0.417. The van der Waals surface area contributed by atoms with Gasteiger partial charge in [0.05, 0.1) is 11.0 Å². The molecule has 1 fully saturated rings. The summed E-state index contributed by atoms with van der Waals surface area (Å²) in [6, 6.07) is 4.61. The summed E-state index contributed by atoms with van der Waals surface area (Å²) in [7, 11) is 0. The Morgan fingerprint density at radius 1 is 1.44 bits per heavy atom. The van der Waals surface area contributed by atoms with E-state index in [1.807, 2.05) is 4.57 Å². The van der Waals surface area contributed by atoms with Crippen molar-refractivity contribution in [3.63, 3.8) is 0 Å². The van der Waals surface area contributed by atoms with Crippen LogP contribution in [0.25, 0.3) is 11.0 Å². The molecule has 1 heterocycles. The average molecular weight is 219 g/mol. The molecule has 2 N–H and O–H groups in total. The summed E-state index contributed by atoms with van der Waals surface area (Å²) in [4.78, 5) is 4.24. The zero-order valence-corrected chi connectivity index (χ0v) is 8.99. The average Bonchev–Trinajstić information content (AvgIpc) is 2.48. The Balaban J connectivity index is 2.06. The number of nitrogens with zero attached hydrogens (tertiary/aromatic N) is 2. The lowest BCUT2D eigenvalue weighted by Gasteiger charge is -2.26. The summed E-state index contributed by atoms with van der Waals surface area (Å²) in [5, 5.41) is 0. The van der Waals surface area contributed by atoms with E-state index < -0.39 is 0 Å². The number of aromatic nitrogens is 2. The van der Waals surface area contributed by atoms with E-state index in [1.54, 1.807) is 6.07 Å². The van der Waals surface area contributed by atoms with Crippen LogP contribution < -0.4 is 5.73 Å². The van der Waals surface area contributed by atoms with E-state index in [0.29, 0.717) is 11.9 Å². The fourth-order valence-corrected chi connectivity index (χ4v) is 2.24. The molecule has 84 valence electrons. The molecule has 1 aromatic carbocycles. The van der Waals surface area contributed by atoms with Crippen LogP contribution in [0.4, 0.5) is 10.3 Å². The third-order valence-corrected chi connectivity index (χ3v) is 3.41. The number of fused-ring (bicyclic) bond motifs is 1. The minimum Gasteiger partial charge on any atom is -0.369 e. The van der Waals surface area contributed by atoms with Crippen molar-refractivity contribution in [1.29, 1.82) is 0 Å². The quantitative estimate of drug-likeness (QED) is 0.843. The van der Waals surface area contributed by atoms with Gasteiger partial charge in [-0.15, -0.1) is 0 Å². The molecular formula is C12H14FN3. The van der Waals surface area contributed by atoms with Gasteiger partial charge in [-0.1, -0.05) is 6.42 Å². The Morgan fingerprint density at radius 3 is 2.94 bits per heavy atom. The Hall–Kier alpha value is -1.58. The summed E-state index contributed by atoms with van der Waals surface area (Å²) in [5.74, 6) is 0.942. The van der Waals surface area contributed by atoms with Crippen LogP contribution in [0.15, 0.2) is 18.2 Å². The van der Waals surface area contributed by atoms with Crippen molar-refractivity contribution in [2.24, 2.45) is 5.92 Å². The van der Waals surface area contributed by atoms with Crippen molar-refractivity contribution in [2.75, 3.05) is 5.73 Å². The summed E-state index contributed by atoms with van der Waals surface area (Å²) in [6.07, 6.45) is 3.79. The van der Waals surface area contributed by atoms with Crippen molar-refractivity contribution in [3.8, 4) is 0 Å². The van der Waals surface area contributed by atoms with E-state index in [1.165, 1.54) is 31.4 Å². The van der Waals surface area contributed by atoms with Gasteiger partial charge in [0.2, 0.25) is 5.95 Å². The van der Waals surface area contributed by atoms with Crippen molar-refractivity contribution >= 4 is 17.0 Å². The lowest BCUT2D eigenvalue weighted by molar-refractivity contribution is 0.280. The highest BCUT2D eigenvalue weighted by Crippen LogP contribution is 2.30. The third kappa shape index (κ3) is 1.45. The third-order valence-electron chi connectivity index (χ3n) is 3.41. The summed E-state index contributed by atoms with van der Waals surface area (Å²) < 4.78 is 15.1. The fourth-order valence-electron chi connectivity index (χ4n) is 2.24. The standard InChI is InChI=1S/C12H14FN3/c13-9-4-5-10-11(6-9)16(12(14)15-10)7-8-2-1-3-8/h4-6,8H,1-3,7H2,(H2,14,15). The van der Waals surface area contributed by atoms with Crippen LogP contribution in [0, 0.1) is 11.7 Å². The second-order valence-corrected chi connectivity index (χ2v) is 4.51. The Bertz CT molecular complexity index is 528. The predicted octanol–water partition coefficient (Wildman–Crippen LogP) is 2.56. The van der Waals surface area contributed by atoms with E-state index in [4.69, 9.17) is 5.73 Å². The number of hydrogen-bond acceptors (Lipinski definition) is 2. The van der Waals surface area contributed by atoms with E-state index in [-0.39, 0.29) is 5.82 Å². The Morgan fingerprint density at radius 2 is 2.25 bits per heavy atom. The number of anilines is 1. The minimum atomic E-state index is -0.234. The predicted molar refractivity (Wildman–Crippen MR) is 61.4 cm³/mol. The first kappa shape index (κ1) is 9.63. The molecule has 0 radical (unpaired) electrons. The molecule has 0 unspecified atom stereocenters. The van der Waals surface area contributed by atoms with E-state index in [2.05, 4.69) is 4.98 Å². The van der Waals surface area contributed by atoms with Gasteiger partial charge < -0.3 is 10.3 Å². The van der Waals surface area contributed by atoms with Gasteiger partial charge in [-0.25, -0.2) is 9.37 Å². The lowest BCUT2D eigenvalue weighted by atomic mass is 9.85. The van der Waals surface area contributed by atoms with E-state index in [0.717, 1.165) is 17.6 Å². The molecule has 1 aliphatic rings. The Kier molecular flexibility index (Phi) is 2.09. The summed E-state index contributed by atoms with van der Waals surface area (Å²) in [6.45, 7) is 0.867. The molecule has 3 nitrogen and oxygen atoms in total. The molecule has 0 aliphatic heterocycles. The molecule has 0 amide bonds. The van der Waals surface area contributed by atoms with Crippen LogP contribution in [0.1, 0.15) is 19.3 Å². The molecular weight excluding hydrogens is 205 g/mol. The maximum atomic E-state index is 13.2. The number of nitrogens with two attached hydrogens (primary N) is 1. The highest BCUT2D eigenvalue weighted by atomic mass is 19.1. The molecule has 3 rings (SSSR count). The number of halogens is 1. The number of rotatable bonds is 2. The second-order valence-electron chi connectivity index (χ2n) is 4.51. The van der Waals surface area contributed by atoms with Crippen molar-refractivity contribution in [2.45, 2.75) is 25.8 Å². The first-order valence-electron chi connectivity index (χ1n) is 5.65. The molecule has 1 aromatic heterocycles. The van der Waals surface area contributed by atoms with Crippen LogP contribution in [0.5, 0.6) is 0 Å². The normalized spacial score (nSPS) is 16.6. The van der Waals surface area contributed by atoms with Gasteiger partial charge in [-0.05, 0) is 37.0 Å². The maximum absolute atomic E-state index is 13.2. The zero-order chi connectivity index (χ0) is 11.1. The molecule has 16 heavy (non-hydrogen) atoms. The summed E-state index contributed by atoms with van der Waals surface area (Å²) in [5.41, 5.74) is 7.45. The molecule has 0 saturated heterocycles. The molecule has 1 aliphatic carbocycles. The van der Waals surface area contributed by atoms with E-state index in [9.17, 15) is 4.39 Å². The minimum absolute atomic E-state index is 0.234. The molecule has 0 spiro atoms. The molecule has 0 atom stereocenters. The zero-order valence-electron chi connectivity index (χ0n) is 8.99. The highest BCUT2D eigenvalue weighted by Gasteiger charge is 2.20. The largest absolute Gasteiger partial charge is 0.369 e. The first-order chi connectivity index (χ1) is 7.74. The van der Waals surface area contributed by atoms with Gasteiger partial charge in [0, 0.05) is 6.54 Å². The van der Waals surface area contributed by atoms with Crippen LogP contribution in [0.3, 0.4) is 0 Å². The molecule has 1 saturated carbocycles. The van der Waals surface area contributed by atoms with Gasteiger partial charge in [0.1, 0.15) is 5.82 Å². The van der Waals surface area contributed by atoms with Gasteiger partial charge in [-0.3, -0.25) is 0 Å². The van der Waals surface area contributed by atoms with Crippen LogP contribution in [0.2, 0.25) is 0 Å². The maximum Gasteiger partial charge on any atom is 0.201 e. The van der Waals surface area contributed by atoms with Gasteiger partial charge in [0.25, 0.3) is 0 Å². The Labute approximate surface area is 93.1 Å². The molecule has 4 heteroatoms. The van der Waals surface area contributed by atoms with Crippen molar-refractivity contribution in [3.05, 3.63) is 24.0 Å². The first-order valence-corrected chi connectivity index (χ1v) is 5.65. The van der Waals surface area contributed by atoms with Crippen molar-refractivity contribution < 1.29 is 4.39 Å². The van der Waals surface area contributed by atoms with Crippen LogP contribution in [-0.2, 0) is 6.54 Å². The monoisotopic (exact) mass is 219 g/mol. The molecule has 0 bridgehead atoms. The second kappa shape index (κ2) is 3.47. The van der Waals surface area contributed by atoms with Crippen molar-refractivity contribution in [1.82, 2.24) is 9.55 Å². The number of nitrogen functional groups attached to an aromatic ring is 1. The number of benzene rings is 1. The van der Waals surface area contributed by atoms with Gasteiger partial charge in [0.15, 0.2) is 0 Å².